The Labute approximate surface area is 300 Å². The van der Waals surface area contributed by atoms with Crippen molar-refractivity contribution in [2.45, 2.75) is 141 Å². The van der Waals surface area contributed by atoms with Gasteiger partial charge in [0.15, 0.2) is 5.79 Å². The number of carbonyl (C=O) groups is 3. The summed E-state index contributed by atoms with van der Waals surface area (Å²) < 4.78 is 11.8. The van der Waals surface area contributed by atoms with Crippen molar-refractivity contribution in [3.05, 3.63) is 71.8 Å². The lowest BCUT2D eigenvalue weighted by atomic mass is 9.69. The SMILES string of the molecule is CCCCCCCCCCC(C(=O)N[C@H]1CCCC[C@H]1C(CNC(=O)C1OC(C)(C)OCC1(C)C)C(=O)O)(c1ccccc1)c1ccccc1. The van der Waals surface area contributed by atoms with Gasteiger partial charge in [-0.05, 0) is 50.2 Å². The predicted molar refractivity (Wildman–Crippen MR) is 198 cm³/mol. The van der Waals surface area contributed by atoms with Gasteiger partial charge in [0.05, 0.1) is 17.9 Å². The molecule has 8 heteroatoms. The monoisotopic (exact) mass is 690 g/mol. The van der Waals surface area contributed by atoms with Gasteiger partial charge in [-0.1, -0.05) is 146 Å². The summed E-state index contributed by atoms with van der Waals surface area (Å²) in [5.74, 6) is -3.51. The van der Waals surface area contributed by atoms with Crippen LogP contribution < -0.4 is 10.6 Å². The molecule has 2 fully saturated rings. The second kappa shape index (κ2) is 18.3. The number of carbonyl (C=O) groups excluding carboxylic acids is 2. The Hall–Kier alpha value is -3.23. The summed E-state index contributed by atoms with van der Waals surface area (Å²) >= 11 is 0. The Balaban J connectivity index is 1.55. The van der Waals surface area contributed by atoms with E-state index < -0.39 is 34.6 Å². The number of amides is 2. The van der Waals surface area contributed by atoms with Crippen LogP contribution >= 0.6 is 0 Å². The third-order valence-electron chi connectivity index (χ3n) is 10.9. The van der Waals surface area contributed by atoms with Gasteiger partial charge in [-0.25, -0.2) is 0 Å². The summed E-state index contributed by atoms with van der Waals surface area (Å²) in [5, 5.41) is 16.9. The second-order valence-electron chi connectivity index (χ2n) is 15.8. The highest BCUT2D eigenvalue weighted by Crippen LogP contribution is 2.40. The molecule has 2 amide bonds. The molecule has 1 aliphatic carbocycles. The van der Waals surface area contributed by atoms with E-state index in [1.165, 1.54) is 32.1 Å². The summed E-state index contributed by atoms with van der Waals surface area (Å²) in [7, 11) is 0. The van der Waals surface area contributed by atoms with E-state index in [1.54, 1.807) is 13.8 Å². The first-order valence-corrected chi connectivity index (χ1v) is 19.2. The molecule has 50 heavy (non-hydrogen) atoms. The van der Waals surface area contributed by atoms with Crippen LogP contribution in [0.5, 0.6) is 0 Å². The molecule has 1 saturated carbocycles. The fraction of sp³-hybridized carbons (Fsp3) is 0.643. The van der Waals surface area contributed by atoms with Gasteiger partial charge in [0.25, 0.3) is 0 Å². The molecule has 0 aromatic heterocycles. The molecule has 1 saturated heterocycles. The van der Waals surface area contributed by atoms with Crippen molar-refractivity contribution in [3.63, 3.8) is 0 Å². The van der Waals surface area contributed by atoms with Gasteiger partial charge in [0, 0.05) is 18.0 Å². The number of unbranched alkanes of at least 4 members (excludes halogenated alkanes) is 7. The molecular formula is C42H62N2O6. The molecule has 4 rings (SSSR count). The normalized spacial score (nSPS) is 22.3. The van der Waals surface area contributed by atoms with Crippen LogP contribution in [0.1, 0.15) is 129 Å². The van der Waals surface area contributed by atoms with Crippen molar-refractivity contribution >= 4 is 17.8 Å². The van der Waals surface area contributed by atoms with Crippen molar-refractivity contribution in [1.29, 1.82) is 0 Å². The second-order valence-corrected chi connectivity index (χ2v) is 15.8. The fourth-order valence-corrected chi connectivity index (χ4v) is 7.96. The molecule has 8 nitrogen and oxygen atoms in total. The smallest absolute Gasteiger partial charge is 0.308 e. The number of aliphatic carboxylic acids is 1. The van der Waals surface area contributed by atoms with E-state index in [4.69, 9.17) is 9.47 Å². The maximum absolute atomic E-state index is 15.0. The zero-order valence-electron chi connectivity index (χ0n) is 31.2. The molecule has 1 heterocycles. The number of nitrogens with one attached hydrogen (secondary N) is 2. The van der Waals surface area contributed by atoms with E-state index in [2.05, 4.69) is 17.6 Å². The summed E-state index contributed by atoms with van der Waals surface area (Å²) in [5.41, 5.74) is 0.400. The molecule has 2 unspecified atom stereocenters. The maximum Gasteiger partial charge on any atom is 0.308 e. The minimum atomic E-state index is -0.972. The van der Waals surface area contributed by atoms with Crippen molar-refractivity contribution in [2.75, 3.05) is 13.2 Å². The van der Waals surface area contributed by atoms with E-state index in [0.29, 0.717) is 25.9 Å². The van der Waals surface area contributed by atoms with Gasteiger partial charge in [-0.3, -0.25) is 14.4 Å². The van der Waals surface area contributed by atoms with E-state index in [-0.39, 0.29) is 30.3 Å². The van der Waals surface area contributed by atoms with E-state index in [9.17, 15) is 19.5 Å². The van der Waals surface area contributed by atoms with Gasteiger partial charge in [-0.15, -0.1) is 0 Å². The highest BCUT2D eigenvalue weighted by molar-refractivity contribution is 5.92. The minimum absolute atomic E-state index is 0.0385. The van der Waals surface area contributed by atoms with Gasteiger partial charge in [0.2, 0.25) is 11.8 Å². The van der Waals surface area contributed by atoms with Crippen LogP contribution in [0.2, 0.25) is 0 Å². The molecule has 2 aliphatic rings. The number of carboxylic acid groups (broad SMARTS) is 1. The number of ether oxygens (including phenoxy) is 2. The van der Waals surface area contributed by atoms with Crippen molar-refractivity contribution < 1.29 is 29.0 Å². The highest BCUT2D eigenvalue weighted by Gasteiger charge is 2.47. The Morgan fingerprint density at radius 1 is 0.840 bits per heavy atom. The average molecular weight is 691 g/mol. The Bertz CT molecular complexity index is 1320. The number of carboxylic acids is 1. The number of hydrogen-bond donors (Lipinski definition) is 3. The zero-order valence-corrected chi connectivity index (χ0v) is 31.2. The topological polar surface area (TPSA) is 114 Å². The molecule has 0 spiro atoms. The van der Waals surface area contributed by atoms with E-state index in [1.807, 2.05) is 74.5 Å². The molecule has 276 valence electrons. The minimum Gasteiger partial charge on any atom is -0.481 e. The van der Waals surface area contributed by atoms with Crippen molar-refractivity contribution in [3.8, 4) is 0 Å². The fourth-order valence-electron chi connectivity index (χ4n) is 7.96. The van der Waals surface area contributed by atoms with Crippen LogP contribution in [0, 0.1) is 17.3 Å². The summed E-state index contributed by atoms with van der Waals surface area (Å²) in [4.78, 5) is 41.3. The lowest BCUT2D eigenvalue weighted by Crippen LogP contribution is -2.58. The summed E-state index contributed by atoms with van der Waals surface area (Å²) in [6.45, 7) is 9.91. The largest absolute Gasteiger partial charge is 0.481 e. The van der Waals surface area contributed by atoms with Crippen molar-refractivity contribution in [2.24, 2.45) is 17.3 Å². The van der Waals surface area contributed by atoms with Crippen LogP contribution in [0.15, 0.2) is 60.7 Å². The van der Waals surface area contributed by atoms with Gasteiger partial charge in [-0.2, -0.15) is 0 Å². The average Bonchev–Trinajstić information content (AvgIpc) is 3.10. The summed E-state index contributed by atoms with van der Waals surface area (Å²) in [6.07, 6.45) is 12.4. The number of hydrogen-bond acceptors (Lipinski definition) is 5. The molecular weight excluding hydrogens is 628 g/mol. The zero-order chi connectivity index (χ0) is 36.2. The van der Waals surface area contributed by atoms with Crippen molar-refractivity contribution in [1.82, 2.24) is 10.6 Å². The predicted octanol–water partition coefficient (Wildman–Crippen LogP) is 8.17. The first kappa shape index (κ1) is 39.6. The van der Waals surface area contributed by atoms with Crippen LogP contribution in [-0.4, -0.2) is 54.0 Å². The summed E-state index contributed by atoms with van der Waals surface area (Å²) in [6, 6.07) is 19.8. The van der Waals surface area contributed by atoms with Crippen LogP contribution in [0.25, 0.3) is 0 Å². The maximum atomic E-state index is 15.0. The Morgan fingerprint density at radius 2 is 1.40 bits per heavy atom. The molecule has 1 aliphatic heterocycles. The molecule has 3 N–H and O–H groups in total. The van der Waals surface area contributed by atoms with Gasteiger partial charge >= 0.3 is 5.97 Å². The highest BCUT2D eigenvalue weighted by atomic mass is 16.7. The quantitative estimate of drug-likeness (QED) is 0.136. The Kier molecular flexibility index (Phi) is 14.5. The van der Waals surface area contributed by atoms with Crippen LogP contribution in [0.3, 0.4) is 0 Å². The van der Waals surface area contributed by atoms with Gasteiger partial charge < -0.3 is 25.2 Å². The van der Waals surface area contributed by atoms with Crippen LogP contribution in [0.4, 0.5) is 0 Å². The van der Waals surface area contributed by atoms with Gasteiger partial charge in [0.1, 0.15) is 6.10 Å². The Morgan fingerprint density at radius 3 is 1.98 bits per heavy atom. The molecule has 2 aromatic carbocycles. The number of rotatable bonds is 18. The lowest BCUT2D eigenvalue weighted by Gasteiger charge is -2.45. The first-order chi connectivity index (χ1) is 23.9. The molecule has 4 atom stereocenters. The van der Waals surface area contributed by atoms with Crippen LogP contribution in [-0.2, 0) is 29.3 Å². The first-order valence-electron chi connectivity index (χ1n) is 19.2. The lowest BCUT2D eigenvalue weighted by molar-refractivity contribution is -0.304. The third kappa shape index (κ3) is 10.2. The standard InChI is InChI=1S/C42H62N2O6/c1-6-7-8-9-10-11-12-21-28-42(31-22-15-13-16-23-31,32-24-17-14-18-25-32)39(48)44-35-27-20-19-26-33(35)34(38(46)47)29-43-37(45)36-40(2,3)30-49-41(4,5)50-36/h13-18,22-25,33-36H,6-12,19-21,26-30H2,1-5H3,(H,43,45)(H,44,48)(H,46,47)/t33-,34?,35-,36?/m0/s1. The number of benzene rings is 2. The van der Waals surface area contributed by atoms with E-state index >= 15 is 0 Å². The molecule has 0 radical (unpaired) electrons. The van der Waals surface area contributed by atoms with E-state index in [0.717, 1.165) is 43.2 Å². The molecule has 0 bridgehead atoms. The third-order valence-corrected chi connectivity index (χ3v) is 10.9. The molecule has 2 aromatic rings.